The van der Waals surface area contributed by atoms with Crippen LogP contribution in [0.15, 0.2) is 24.3 Å². The Balaban J connectivity index is 1.73. The molecule has 2 rings (SSSR count). The van der Waals surface area contributed by atoms with Crippen molar-refractivity contribution >= 4 is 29.4 Å². The summed E-state index contributed by atoms with van der Waals surface area (Å²) < 4.78 is 10.5. The molecule has 1 aliphatic rings. The molecule has 0 aliphatic heterocycles. The first-order valence-electron chi connectivity index (χ1n) is 9.65. The molecular weight excluding hydrogens is 382 g/mol. The number of ether oxygens (including phenoxy) is 2. The minimum absolute atomic E-state index is 0.139. The summed E-state index contributed by atoms with van der Waals surface area (Å²) >= 11 is 5.77. The lowest BCUT2D eigenvalue weighted by Gasteiger charge is -2.36. The largest absolute Gasteiger partial charge is 0.460 e. The molecule has 0 aromatic heterocycles. The van der Waals surface area contributed by atoms with E-state index in [1.807, 2.05) is 0 Å². The zero-order valence-corrected chi connectivity index (χ0v) is 17.3. The fourth-order valence-corrected chi connectivity index (χ4v) is 3.63. The van der Waals surface area contributed by atoms with Crippen molar-refractivity contribution in [2.75, 3.05) is 13.2 Å². The van der Waals surface area contributed by atoms with Crippen molar-refractivity contribution in [1.29, 1.82) is 0 Å². The molecule has 1 amide bonds. The van der Waals surface area contributed by atoms with Crippen LogP contribution in [0.25, 0.3) is 0 Å². The number of hydrogen-bond acceptors (Lipinski definition) is 5. The van der Waals surface area contributed by atoms with Crippen LogP contribution in [0.5, 0.6) is 0 Å². The fraction of sp³-hybridized carbons (Fsp3) is 0.571. The smallest absolute Gasteiger partial charge is 0.344 e. The lowest BCUT2D eigenvalue weighted by atomic mass is 9.75. The zero-order chi connectivity index (χ0) is 20.7. The van der Waals surface area contributed by atoms with Crippen LogP contribution in [0.2, 0.25) is 5.02 Å². The van der Waals surface area contributed by atoms with E-state index in [2.05, 4.69) is 26.1 Å². The van der Waals surface area contributed by atoms with E-state index in [0.717, 1.165) is 19.3 Å². The molecule has 3 unspecified atom stereocenters. The Bertz CT molecular complexity index is 689. The molecule has 28 heavy (non-hydrogen) atoms. The van der Waals surface area contributed by atoms with Crippen LogP contribution in [0.4, 0.5) is 0 Å². The van der Waals surface area contributed by atoms with E-state index >= 15 is 0 Å². The summed E-state index contributed by atoms with van der Waals surface area (Å²) in [6, 6.07) is 6.27. The SMILES string of the molecule is CC1CCC(C(C)C)C(OC(=O)COC(=O)CNC(=O)c2ccc(Cl)cc2)C1. The maximum absolute atomic E-state index is 12.1. The van der Waals surface area contributed by atoms with Crippen LogP contribution in [0.1, 0.15) is 50.4 Å². The average molecular weight is 410 g/mol. The molecule has 1 aromatic rings. The molecule has 3 atom stereocenters. The van der Waals surface area contributed by atoms with Gasteiger partial charge in [-0.25, -0.2) is 4.79 Å². The van der Waals surface area contributed by atoms with Gasteiger partial charge in [-0.2, -0.15) is 0 Å². The van der Waals surface area contributed by atoms with Gasteiger partial charge in [-0.3, -0.25) is 9.59 Å². The van der Waals surface area contributed by atoms with E-state index in [4.69, 9.17) is 21.1 Å². The van der Waals surface area contributed by atoms with Gasteiger partial charge in [0, 0.05) is 10.6 Å². The first kappa shape index (κ1) is 22.2. The topological polar surface area (TPSA) is 81.7 Å². The minimum Gasteiger partial charge on any atom is -0.460 e. The molecular formula is C21H28ClNO5. The van der Waals surface area contributed by atoms with Crippen molar-refractivity contribution in [3.63, 3.8) is 0 Å². The quantitative estimate of drug-likeness (QED) is 0.695. The maximum atomic E-state index is 12.1. The Labute approximate surface area is 170 Å². The van der Waals surface area contributed by atoms with Gasteiger partial charge < -0.3 is 14.8 Å². The highest BCUT2D eigenvalue weighted by Gasteiger charge is 2.33. The second kappa shape index (κ2) is 10.5. The van der Waals surface area contributed by atoms with Crippen molar-refractivity contribution in [2.24, 2.45) is 17.8 Å². The van der Waals surface area contributed by atoms with Crippen LogP contribution in [0.3, 0.4) is 0 Å². The molecule has 1 aromatic carbocycles. The first-order chi connectivity index (χ1) is 13.3. The highest BCUT2D eigenvalue weighted by Crippen LogP contribution is 2.35. The zero-order valence-electron chi connectivity index (χ0n) is 16.6. The van der Waals surface area contributed by atoms with Crippen LogP contribution in [-0.2, 0) is 19.1 Å². The van der Waals surface area contributed by atoms with Gasteiger partial charge >= 0.3 is 11.9 Å². The number of hydrogen-bond donors (Lipinski definition) is 1. The van der Waals surface area contributed by atoms with Crippen molar-refractivity contribution in [3.8, 4) is 0 Å². The maximum Gasteiger partial charge on any atom is 0.344 e. The number of nitrogens with one attached hydrogen (secondary N) is 1. The molecule has 7 heteroatoms. The molecule has 154 valence electrons. The van der Waals surface area contributed by atoms with Crippen LogP contribution >= 0.6 is 11.6 Å². The Kier molecular flexibility index (Phi) is 8.30. The van der Waals surface area contributed by atoms with E-state index in [0.29, 0.717) is 28.3 Å². The van der Waals surface area contributed by atoms with Gasteiger partial charge in [0.25, 0.3) is 5.91 Å². The van der Waals surface area contributed by atoms with E-state index in [9.17, 15) is 14.4 Å². The van der Waals surface area contributed by atoms with E-state index in [1.54, 1.807) is 24.3 Å². The predicted molar refractivity (Wildman–Crippen MR) is 106 cm³/mol. The number of rotatable bonds is 7. The monoisotopic (exact) mass is 409 g/mol. The summed E-state index contributed by atoms with van der Waals surface area (Å²) in [6.45, 7) is 5.63. The standard InChI is InChI=1S/C21H28ClNO5/c1-13(2)17-9-4-14(3)10-18(17)28-20(25)12-27-19(24)11-23-21(26)15-5-7-16(22)8-6-15/h5-8,13-14,17-18H,4,9-12H2,1-3H3,(H,23,26). The molecule has 1 fully saturated rings. The van der Waals surface area contributed by atoms with E-state index in [1.165, 1.54) is 0 Å². The van der Waals surface area contributed by atoms with Gasteiger partial charge in [-0.1, -0.05) is 38.8 Å². The lowest BCUT2D eigenvalue weighted by molar-refractivity contribution is -0.166. The van der Waals surface area contributed by atoms with Gasteiger partial charge in [0.15, 0.2) is 6.61 Å². The van der Waals surface area contributed by atoms with Crippen LogP contribution in [0, 0.1) is 17.8 Å². The van der Waals surface area contributed by atoms with Gasteiger partial charge in [0.1, 0.15) is 12.6 Å². The molecule has 1 saturated carbocycles. The molecule has 0 radical (unpaired) electrons. The van der Waals surface area contributed by atoms with Crippen molar-refractivity contribution < 1.29 is 23.9 Å². The molecule has 0 bridgehead atoms. The molecule has 0 spiro atoms. The lowest BCUT2D eigenvalue weighted by Crippen LogP contribution is -2.37. The summed E-state index contributed by atoms with van der Waals surface area (Å²) in [6.07, 6.45) is 2.87. The minimum atomic E-state index is -0.698. The highest BCUT2D eigenvalue weighted by atomic mass is 35.5. The number of carbonyl (C=O) groups excluding carboxylic acids is 3. The van der Waals surface area contributed by atoms with Gasteiger partial charge in [0.2, 0.25) is 0 Å². The van der Waals surface area contributed by atoms with Crippen molar-refractivity contribution in [3.05, 3.63) is 34.9 Å². The summed E-state index contributed by atoms with van der Waals surface area (Å²) in [5.41, 5.74) is 0.378. The summed E-state index contributed by atoms with van der Waals surface area (Å²) in [5, 5.41) is 2.96. The number of benzene rings is 1. The highest BCUT2D eigenvalue weighted by molar-refractivity contribution is 6.30. The fourth-order valence-electron chi connectivity index (χ4n) is 3.50. The van der Waals surface area contributed by atoms with E-state index < -0.39 is 24.5 Å². The third-order valence-corrected chi connectivity index (χ3v) is 5.35. The summed E-state index contributed by atoms with van der Waals surface area (Å²) in [4.78, 5) is 35.8. The molecule has 1 aliphatic carbocycles. The Morgan fingerprint density at radius 2 is 1.82 bits per heavy atom. The Morgan fingerprint density at radius 3 is 2.46 bits per heavy atom. The number of halogens is 1. The van der Waals surface area contributed by atoms with Crippen molar-refractivity contribution in [2.45, 2.75) is 46.1 Å². The van der Waals surface area contributed by atoms with Gasteiger partial charge in [0.05, 0.1) is 0 Å². The second-order valence-electron chi connectivity index (χ2n) is 7.70. The Hall–Kier alpha value is -2.08. The number of esters is 2. The second-order valence-corrected chi connectivity index (χ2v) is 8.14. The summed E-state index contributed by atoms with van der Waals surface area (Å²) in [7, 11) is 0. The third kappa shape index (κ3) is 6.82. The van der Waals surface area contributed by atoms with Crippen molar-refractivity contribution in [1.82, 2.24) is 5.32 Å². The van der Waals surface area contributed by atoms with Gasteiger partial charge in [-0.05, 0) is 54.9 Å². The van der Waals surface area contributed by atoms with Crippen LogP contribution < -0.4 is 5.32 Å². The van der Waals surface area contributed by atoms with Crippen LogP contribution in [-0.4, -0.2) is 37.1 Å². The third-order valence-electron chi connectivity index (χ3n) is 5.09. The predicted octanol–water partition coefficient (Wildman–Crippen LogP) is 3.62. The van der Waals surface area contributed by atoms with E-state index in [-0.39, 0.29) is 12.6 Å². The number of amides is 1. The normalized spacial score (nSPS) is 21.8. The molecule has 1 N–H and O–H groups in total. The molecule has 0 saturated heterocycles. The number of carbonyl (C=O) groups is 3. The molecule has 6 nitrogen and oxygen atoms in total. The molecule has 0 heterocycles. The van der Waals surface area contributed by atoms with Gasteiger partial charge in [-0.15, -0.1) is 0 Å². The Morgan fingerprint density at radius 1 is 1.14 bits per heavy atom. The summed E-state index contributed by atoms with van der Waals surface area (Å²) in [5.74, 6) is -0.408. The average Bonchev–Trinajstić information content (AvgIpc) is 2.64. The first-order valence-corrected chi connectivity index (χ1v) is 10.0.